The molecule has 4 nitrogen and oxygen atoms in total. The van der Waals surface area contributed by atoms with Crippen LogP contribution in [-0.4, -0.2) is 11.9 Å². The Balaban J connectivity index is 1.81. The molecule has 3 rings (SSSR count). The highest BCUT2D eigenvalue weighted by Gasteiger charge is 2.17. The van der Waals surface area contributed by atoms with Crippen LogP contribution < -0.4 is 10.4 Å². The highest BCUT2D eigenvalue weighted by molar-refractivity contribution is 5.99. The van der Waals surface area contributed by atoms with Gasteiger partial charge in [0.25, 0.3) is 0 Å². The summed E-state index contributed by atoms with van der Waals surface area (Å²) in [7, 11) is 0. The van der Waals surface area contributed by atoms with Crippen molar-refractivity contribution < 1.29 is 18.3 Å². The summed E-state index contributed by atoms with van der Waals surface area (Å²) < 4.78 is 23.6. The Labute approximate surface area is 131 Å². The summed E-state index contributed by atoms with van der Waals surface area (Å²) in [5, 5.41) is 0.759. The molecule has 5 heteroatoms. The first-order valence-corrected chi connectivity index (χ1v) is 7.03. The van der Waals surface area contributed by atoms with Crippen LogP contribution in [-0.2, 0) is 0 Å². The molecule has 1 atom stereocenters. The van der Waals surface area contributed by atoms with Gasteiger partial charge in [-0.3, -0.25) is 4.79 Å². The van der Waals surface area contributed by atoms with Gasteiger partial charge in [0.2, 0.25) is 5.78 Å². The fourth-order valence-corrected chi connectivity index (χ4v) is 2.22. The van der Waals surface area contributed by atoms with Crippen molar-refractivity contribution in [3.63, 3.8) is 0 Å². The van der Waals surface area contributed by atoms with E-state index in [1.165, 1.54) is 30.3 Å². The lowest BCUT2D eigenvalue weighted by atomic mass is 10.1. The van der Waals surface area contributed by atoms with Crippen molar-refractivity contribution >= 4 is 16.8 Å². The Morgan fingerprint density at radius 2 is 1.78 bits per heavy atom. The van der Waals surface area contributed by atoms with Gasteiger partial charge in [0.05, 0.1) is 0 Å². The monoisotopic (exact) mass is 312 g/mol. The minimum absolute atomic E-state index is 0.264. The quantitative estimate of drug-likeness (QED) is 0.546. The van der Waals surface area contributed by atoms with E-state index in [0.717, 1.165) is 5.39 Å². The van der Waals surface area contributed by atoms with E-state index in [1.54, 1.807) is 31.2 Å². The zero-order valence-electron chi connectivity index (χ0n) is 12.3. The lowest BCUT2D eigenvalue weighted by Gasteiger charge is -2.14. The maximum Gasteiger partial charge on any atom is 0.336 e. The maximum atomic E-state index is 12.9. The predicted molar refractivity (Wildman–Crippen MR) is 83.3 cm³/mol. The first-order chi connectivity index (χ1) is 11.0. The molecular formula is C18H13FO4. The molecular weight excluding hydrogens is 299 g/mol. The van der Waals surface area contributed by atoms with E-state index < -0.39 is 17.5 Å². The second-order valence-electron chi connectivity index (χ2n) is 5.09. The molecule has 0 bridgehead atoms. The van der Waals surface area contributed by atoms with Gasteiger partial charge in [-0.25, -0.2) is 9.18 Å². The van der Waals surface area contributed by atoms with Crippen LogP contribution in [0.15, 0.2) is 63.8 Å². The molecule has 3 aromatic rings. The number of carbonyl (C=O) groups is 1. The van der Waals surface area contributed by atoms with Crippen molar-refractivity contribution in [1.82, 2.24) is 0 Å². The van der Waals surface area contributed by atoms with Crippen molar-refractivity contribution in [2.24, 2.45) is 0 Å². The van der Waals surface area contributed by atoms with Gasteiger partial charge in [0.15, 0.2) is 6.10 Å². The summed E-state index contributed by atoms with van der Waals surface area (Å²) in [4.78, 5) is 23.5. The molecule has 0 amide bonds. The zero-order valence-corrected chi connectivity index (χ0v) is 12.3. The van der Waals surface area contributed by atoms with Crippen molar-refractivity contribution in [1.29, 1.82) is 0 Å². The molecule has 1 aromatic heterocycles. The molecule has 2 aromatic carbocycles. The minimum atomic E-state index is -0.756. The molecule has 1 heterocycles. The number of hydrogen-bond acceptors (Lipinski definition) is 4. The van der Waals surface area contributed by atoms with Crippen LogP contribution in [0.2, 0.25) is 0 Å². The van der Waals surface area contributed by atoms with E-state index in [2.05, 4.69) is 0 Å². The largest absolute Gasteiger partial charge is 0.482 e. The van der Waals surface area contributed by atoms with Crippen LogP contribution >= 0.6 is 0 Å². The third-order valence-electron chi connectivity index (χ3n) is 3.41. The summed E-state index contributed by atoms with van der Waals surface area (Å²) in [6.45, 7) is 1.61. The van der Waals surface area contributed by atoms with Crippen LogP contribution in [0.25, 0.3) is 11.0 Å². The summed E-state index contributed by atoms with van der Waals surface area (Å²) in [5.74, 6) is -0.255. The fraction of sp³-hybridized carbons (Fsp3) is 0.111. The van der Waals surface area contributed by atoms with Gasteiger partial charge in [-0.2, -0.15) is 0 Å². The Morgan fingerprint density at radius 1 is 1.09 bits per heavy atom. The van der Waals surface area contributed by atoms with Gasteiger partial charge in [0, 0.05) is 23.1 Å². The molecule has 23 heavy (non-hydrogen) atoms. The number of Topliss-reactive ketones (excluding diaryl/α,β-unsaturated/α-hetero) is 1. The average Bonchev–Trinajstić information content (AvgIpc) is 2.54. The van der Waals surface area contributed by atoms with E-state index in [0.29, 0.717) is 16.9 Å². The summed E-state index contributed by atoms with van der Waals surface area (Å²) >= 11 is 0. The number of halogens is 1. The molecule has 0 N–H and O–H groups in total. The van der Waals surface area contributed by atoms with Crippen LogP contribution in [0, 0.1) is 5.82 Å². The van der Waals surface area contributed by atoms with E-state index in [-0.39, 0.29) is 5.78 Å². The standard InChI is InChI=1S/C18H13FO4/c1-11(18(21)13-2-6-14(19)7-3-13)22-15-8-4-12-5-9-17(20)23-16(12)10-15/h2-11H,1H3/t11-/m1/s1. The summed E-state index contributed by atoms with van der Waals surface area (Å²) in [6, 6.07) is 13.3. The Bertz CT molecular complexity index is 912. The van der Waals surface area contributed by atoms with Gasteiger partial charge in [0.1, 0.15) is 17.1 Å². The van der Waals surface area contributed by atoms with Gasteiger partial charge in [-0.05, 0) is 49.4 Å². The SMILES string of the molecule is C[C@@H](Oc1ccc2ccc(=O)oc2c1)C(=O)c1ccc(F)cc1. The van der Waals surface area contributed by atoms with Crippen molar-refractivity contribution in [2.45, 2.75) is 13.0 Å². The molecule has 116 valence electrons. The Kier molecular flexibility index (Phi) is 3.93. The van der Waals surface area contributed by atoms with Crippen LogP contribution in [0.3, 0.4) is 0 Å². The predicted octanol–water partition coefficient (Wildman–Crippen LogP) is 3.58. The summed E-state index contributed by atoms with van der Waals surface area (Å²) in [6.07, 6.45) is -0.756. The molecule has 0 radical (unpaired) electrons. The number of ether oxygens (including phenoxy) is 1. The first kappa shape index (κ1) is 15.0. The molecule has 0 spiro atoms. The van der Waals surface area contributed by atoms with E-state index in [9.17, 15) is 14.0 Å². The molecule has 0 saturated carbocycles. The molecule has 0 saturated heterocycles. The second kappa shape index (κ2) is 6.04. The molecule has 0 unspecified atom stereocenters. The van der Waals surface area contributed by atoms with Crippen molar-refractivity contribution in [3.8, 4) is 5.75 Å². The van der Waals surface area contributed by atoms with Crippen LogP contribution in [0.4, 0.5) is 4.39 Å². The van der Waals surface area contributed by atoms with Gasteiger partial charge >= 0.3 is 5.63 Å². The van der Waals surface area contributed by atoms with Crippen molar-refractivity contribution in [3.05, 3.63) is 76.4 Å². The van der Waals surface area contributed by atoms with E-state index in [4.69, 9.17) is 9.15 Å². The van der Waals surface area contributed by atoms with Gasteiger partial charge in [-0.15, -0.1) is 0 Å². The molecule has 0 aliphatic rings. The second-order valence-corrected chi connectivity index (χ2v) is 5.09. The van der Waals surface area contributed by atoms with E-state index >= 15 is 0 Å². The topological polar surface area (TPSA) is 56.5 Å². The Hall–Kier alpha value is -2.95. The minimum Gasteiger partial charge on any atom is -0.482 e. The number of carbonyl (C=O) groups excluding carboxylic acids is 1. The number of ketones is 1. The number of hydrogen-bond donors (Lipinski definition) is 0. The zero-order chi connectivity index (χ0) is 16.4. The highest BCUT2D eigenvalue weighted by atomic mass is 19.1. The number of rotatable bonds is 4. The van der Waals surface area contributed by atoms with E-state index in [1.807, 2.05) is 0 Å². The van der Waals surface area contributed by atoms with Crippen LogP contribution in [0.5, 0.6) is 5.75 Å². The lowest BCUT2D eigenvalue weighted by molar-refractivity contribution is 0.0818. The van der Waals surface area contributed by atoms with Crippen molar-refractivity contribution in [2.75, 3.05) is 0 Å². The van der Waals surface area contributed by atoms with Gasteiger partial charge in [-0.1, -0.05) is 0 Å². The van der Waals surface area contributed by atoms with Crippen LogP contribution in [0.1, 0.15) is 17.3 Å². The highest BCUT2D eigenvalue weighted by Crippen LogP contribution is 2.21. The Morgan fingerprint density at radius 3 is 2.52 bits per heavy atom. The fourth-order valence-electron chi connectivity index (χ4n) is 2.22. The number of benzene rings is 2. The smallest absolute Gasteiger partial charge is 0.336 e. The lowest BCUT2D eigenvalue weighted by Crippen LogP contribution is -2.23. The maximum absolute atomic E-state index is 12.9. The summed E-state index contributed by atoms with van der Waals surface area (Å²) in [5.41, 5.74) is 0.299. The van der Waals surface area contributed by atoms with Gasteiger partial charge < -0.3 is 9.15 Å². The molecule has 0 aliphatic carbocycles. The normalized spacial score (nSPS) is 12.1. The number of fused-ring (bicyclic) bond motifs is 1. The third kappa shape index (κ3) is 3.29. The third-order valence-corrected chi connectivity index (χ3v) is 3.41. The first-order valence-electron chi connectivity index (χ1n) is 7.03. The molecule has 0 aliphatic heterocycles. The molecule has 0 fully saturated rings. The average molecular weight is 312 g/mol.